The Morgan fingerprint density at radius 1 is 1.19 bits per heavy atom. The van der Waals surface area contributed by atoms with Gasteiger partial charge in [0.1, 0.15) is 5.82 Å². The first kappa shape index (κ1) is 21.4. The van der Waals surface area contributed by atoms with E-state index in [4.69, 9.17) is 16.3 Å². The molecule has 0 saturated heterocycles. The maximum atomic E-state index is 12.6. The molecule has 0 bridgehead atoms. The van der Waals surface area contributed by atoms with Crippen molar-refractivity contribution in [2.45, 2.75) is 19.9 Å². The van der Waals surface area contributed by atoms with Crippen molar-refractivity contribution in [3.05, 3.63) is 80.4 Å². The Balaban J connectivity index is 1.89. The van der Waals surface area contributed by atoms with Crippen molar-refractivity contribution in [2.24, 2.45) is 7.05 Å². The monoisotopic (exact) mass is 501 g/mol. The van der Waals surface area contributed by atoms with Gasteiger partial charge in [-0.05, 0) is 65.2 Å². The average Bonchev–Trinajstić information content (AvgIpc) is 3.27. The number of ether oxygens (including phenoxy) is 1. The van der Waals surface area contributed by atoms with Crippen LogP contribution >= 0.6 is 27.5 Å². The van der Waals surface area contributed by atoms with Crippen LogP contribution in [-0.4, -0.2) is 32.2 Å². The number of aryl methyl sites for hydroxylation is 2. The summed E-state index contributed by atoms with van der Waals surface area (Å²) in [5.74, 6) is 0.389. The Morgan fingerprint density at radius 3 is 2.58 bits per heavy atom. The molecule has 0 aliphatic rings. The number of esters is 1. The number of hydrogen-bond acceptors (Lipinski definition) is 5. The zero-order valence-corrected chi connectivity index (χ0v) is 19.8. The lowest BCUT2D eigenvalue weighted by atomic mass is 10.00. The van der Waals surface area contributed by atoms with Gasteiger partial charge in [0, 0.05) is 18.3 Å². The van der Waals surface area contributed by atoms with Gasteiger partial charge in [0.2, 0.25) is 0 Å². The minimum atomic E-state index is -0.404. The number of carbonyl (C=O) groups excluding carboxylic acids is 1. The van der Waals surface area contributed by atoms with E-state index in [1.807, 2.05) is 66.4 Å². The summed E-state index contributed by atoms with van der Waals surface area (Å²) in [6.07, 6.45) is 1.95. The Bertz CT molecular complexity index is 1280. The van der Waals surface area contributed by atoms with Gasteiger partial charge in [0.25, 0.3) is 0 Å². The van der Waals surface area contributed by atoms with E-state index < -0.39 is 5.97 Å². The van der Waals surface area contributed by atoms with Gasteiger partial charge in [-0.3, -0.25) is 4.40 Å². The van der Waals surface area contributed by atoms with Crippen LogP contribution in [0.5, 0.6) is 0 Å². The standard InChI is InChI=1S/C22H21BrClN5O2/c1-12-9-16(11-29-13(2)26-27-21(12)29)25-19(14-5-7-15(24)8-6-14)20-17(22(30)31-4)10-18(23)28(20)3/h5-11,19,25H,1-4H3. The molecule has 31 heavy (non-hydrogen) atoms. The van der Waals surface area contributed by atoms with Gasteiger partial charge in [-0.1, -0.05) is 23.7 Å². The fraction of sp³-hybridized carbons (Fsp3) is 0.227. The molecule has 4 aromatic rings. The summed E-state index contributed by atoms with van der Waals surface area (Å²) in [5, 5.41) is 12.6. The summed E-state index contributed by atoms with van der Waals surface area (Å²) in [6, 6.07) is 11.0. The molecule has 7 nitrogen and oxygen atoms in total. The second-order valence-corrected chi connectivity index (χ2v) is 8.55. The van der Waals surface area contributed by atoms with E-state index in [2.05, 4.69) is 31.4 Å². The summed E-state index contributed by atoms with van der Waals surface area (Å²) in [4.78, 5) is 12.6. The molecule has 0 aliphatic heterocycles. The molecule has 0 fully saturated rings. The lowest BCUT2D eigenvalue weighted by Gasteiger charge is -2.23. The van der Waals surface area contributed by atoms with Gasteiger partial charge >= 0.3 is 5.97 Å². The van der Waals surface area contributed by atoms with E-state index in [0.717, 1.165) is 38.6 Å². The number of pyridine rings is 1. The van der Waals surface area contributed by atoms with Crippen molar-refractivity contribution in [3.63, 3.8) is 0 Å². The molecular weight excluding hydrogens is 482 g/mol. The van der Waals surface area contributed by atoms with Gasteiger partial charge in [0.15, 0.2) is 5.65 Å². The molecule has 1 N–H and O–H groups in total. The summed E-state index contributed by atoms with van der Waals surface area (Å²) >= 11 is 9.67. The number of rotatable bonds is 5. The molecule has 0 radical (unpaired) electrons. The zero-order valence-electron chi connectivity index (χ0n) is 17.5. The molecule has 0 spiro atoms. The van der Waals surface area contributed by atoms with Crippen molar-refractivity contribution in [3.8, 4) is 0 Å². The largest absolute Gasteiger partial charge is 0.465 e. The zero-order chi connectivity index (χ0) is 22.3. The number of carbonyl (C=O) groups is 1. The fourth-order valence-electron chi connectivity index (χ4n) is 3.69. The van der Waals surface area contributed by atoms with Crippen LogP contribution in [0.15, 0.2) is 47.2 Å². The summed E-state index contributed by atoms with van der Waals surface area (Å²) < 4.78 is 9.68. The molecule has 3 aromatic heterocycles. The van der Waals surface area contributed by atoms with E-state index in [0.29, 0.717) is 10.6 Å². The molecule has 0 amide bonds. The topological polar surface area (TPSA) is 73.4 Å². The van der Waals surface area contributed by atoms with Crippen LogP contribution < -0.4 is 5.32 Å². The van der Waals surface area contributed by atoms with Gasteiger partial charge in [-0.15, -0.1) is 10.2 Å². The van der Waals surface area contributed by atoms with E-state index >= 15 is 0 Å². The second-order valence-electron chi connectivity index (χ2n) is 7.30. The van der Waals surface area contributed by atoms with E-state index in [9.17, 15) is 4.79 Å². The SMILES string of the molecule is COC(=O)c1cc(Br)n(C)c1C(Nc1cc(C)c2nnc(C)n2c1)c1ccc(Cl)cc1. The van der Waals surface area contributed by atoms with Crippen LogP contribution in [0.3, 0.4) is 0 Å². The minimum Gasteiger partial charge on any atom is -0.465 e. The minimum absolute atomic E-state index is 0.351. The predicted molar refractivity (Wildman–Crippen MR) is 124 cm³/mol. The molecule has 0 aliphatic carbocycles. The van der Waals surface area contributed by atoms with Gasteiger partial charge in [0.05, 0.1) is 34.7 Å². The smallest absolute Gasteiger partial charge is 0.339 e. The summed E-state index contributed by atoms with van der Waals surface area (Å²) in [7, 11) is 3.28. The van der Waals surface area contributed by atoms with Crippen LogP contribution in [0, 0.1) is 13.8 Å². The summed E-state index contributed by atoms with van der Waals surface area (Å²) in [5.41, 5.74) is 4.84. The lowest BCUT2D eigenvalue weighted by molar-refractivity contribution is 0.0599. The number of anilines is 1. The molecule has 4 rings (SSSR count). The number of aromatic nitrogens is 4. The van der Waals surface area contributed by atoms with Gasteiger partial charge in [-0.25, -0.2) is 4.79 Å². The molecule has 1 aromatic carbocycles. The number of nitrogens with zero attached hydrogens (tertiary/aromatic N) is 4. The Labute approximate surface area is 193 Å². The van der Waals surface area contributed by atoms with Crippen molar-refractivity contribution >= 4 is 44.8 Å². The first-order chi connectivity index (χ1) is 14.8. The average molecular weight is 503 g/mol. The molecule has 1 atom stereocenters. The van der Waals surface area contributed by atoms with Crippen LogP contribution in [0.1, 0.15) is 39.0 Å². The van der Waals surface area contributed by atoms with Crippen LogP contribution in [0.2, 0.25) is 5.02 Å². The molecular formula is C22H21BrClN5O2. The van der Waals surface area contributed by atoms with Crippen LogP contribution in [0.4, 0.5) is 5.69 Å². The summed E-state index contributed by atoms with van der Waals surface area (Å²) in [6.45, 7) is 3.90. The second kappa shape index (κ2) is 8.36. The van der Waals surface area contributed by atoms with Crippen LogP contribution in [0.25, 0.3) is 5.65 Å². The van der Waals surface area contributed by atoms with Crippen LogP contribution in [-0.2, 0) is 11.8 Å². The van der Waals surface area contributed by atoms with E-state index in [1.54, 1.807) is 6.07 Å². The highest BCUT2D eigenvalue weighted by Gasteiger charge is 2.27. The van der Waals surface area contributed by atoms with Crippen molar-refractivity contribution in [2.75, 3.05) is 12.4 Å². The van der Waals surface area contributed by atoms with Crippen molar-refractivity contribution in [1.29, 1.82) is 0 Å². The number of benzene rings is 1. The highest BCUT2D eigenvalue weighted by atomic mass is 79.9. The quantitative estimate of drug-likeness (QED) is 0.385. The highest BCUT2D eigenvalue weighted by Crippen LogP contribution is 2.34. The van der Waals surface area contributed by atoms with E-state index in [-0.39, 0.29) is 6.04 Å². The first-order valence-corrected chi connectivity index (χ1v) is 10.7. The number of nitrogens with one attached hydrogen (secondary N) is 1. The molecule has 0 saturated carbocycles. The highest BCUT2D eigenvalue weighted by molar-refractivity contribution is 9.10. The number of hydrogen-bond donors (Lipinski definition) is 1. The molecule has 1 unspecified atom stereocenters. The Hall–Kier alpha value is -2.84. The number of halogens is 2. The van der Waals surface area contributed by atoms with Gasteiger partial charge in [-0.2, -0.15) is 0 Å². The maximum absolute atomic E-state index is 12.6. The third kappa shape index (κ3) is 3.93. The van der Waals surface area contributed by atoms with Gasteiger partial charge < -0.3 is 14.6 Å². The molecule has 3 heterocycles. The predicted octanol–water partition coefficient (Wildman–Crippen LogP) is 5.09. The normalized spacial score (nSPS) is 12.2. The third-order valence-electron chi connectivity index (χ3n) is 5.27. The molecule has 160 valence electrons. The Kier molecular flexibility index (Phi) is 5.77. The fourth-order valence-corrected chi connectivity index (χ4v) is 4.23. The molecule has 9 heteroatoms. The first-order valence-electron chi connectivity index (χ1n) is 9.57. The number of methoxy groups -OCH3 is 1. The number of fused-ring (bicyclic) bond motifs is 1. The maximum Gasteiger partial charge on any atom is 0.339 e. The third-order valence-corrected chi connectivity index (χ3v) is 6.29. The Morgan fingerprint density at radius 2 is 1.90 bits per heavy atom. The van der Waals surface area contributed by atoms with Crippen molar-refractivity contribution in [1.82, 2.24) is 19.2 Å². The van der Waals surface area contributed by atoms with Crippen molar-refractivity contribution < 1.29 is 9.53 Å². The lowest BCUT2D eigenvalue weighted by Crippen LogP contribution is -2.19. The van der Waals surface area contributed by atoms with E-state index in [1.165, 1.54) is 7.11 Å².